The Morgan fingerprint density at radius 3 is 2.09 bits per heavy atom. The first kappa shape index (κ1) is 28.8. The highest BCUT2D eigenvalue weighted by Gasteiger charge is 2.46. The molecular weight excluding hydrogens is 414 g/mol. The molecule has 1 saturated heterocycles. The molecule has 0 spiro atoms. The standard InChI is InChI=1S/C24H45NO7/c1-4-6-8-10-12-14-16-30-24-21(25-18(3)26)23(29)22(28)19(32-24)17-31-20(27)15-13-11-9-7-5-2/h19,21-24,28-29H,4-17H2,1-3H3,(H,25,26)/t19-,21-,22-,23-,24-/m1/s1. The first-order chi connectivity index (χ1) is 15.4. The molecule has 1 amide bonds. The van der Waals surface area contributed by atoms with E-state index in [1.807, 2.05) is 0 Å². The van der Waals surface area contributed by atoms with Crippen LogP contribution in [0.2, 0.25) is 0 Å². The predicted molar refractivity (Wildman–Crippen MR) is 122 cm³/mol. The van der Waals surface area contributed by atoms with E-state index in [1.165, 1.54) is 26.2 Å². The Morgan fingerprint density at radius 2 is 1.47 bits per heavy atom. The van der Waals surface area contributed by atoms with Crippen LogP contribution in [0.15, 0.2) is 0 Å². The minimum atomic E-state index is -1.31. The molecule has 8 nitrogen and oxygen atoms in total. The van der Waals surface area contributed by atoms with Gasteiger partial charge in [-0.25, -0.2) is 0 Å². The molecule has 0 aromatic carbocycles. The normalized spacial score (nSPS) is 25.5. The molecule has 1 heterocycles. The highest BCUT2D eigenvalue weighted by Crippen LogP contribution is 2.23. The topological polar surface area (TPSA) is 114 Å². The summed E-state index contributed by atoms with van der Waals surface area (Å²) in [7, 11) is 0. The van der Waals surface area contributed by atoms with Crippen LogP contribution in [0.1, 0.15) is 97.8 Å². The number of carbonyl (C=O) groups excluding carboxylic acids is 2. The molecule has 0 aromatic heterocycles. The molecule has 0 radical (unpaired) electrons. The third kappa shape index (κ3) is 11.6. The molecule has 32 heavy (non-hydrogen) atoms. The molecule has 0 aliphatic carbocycles. The molecule has 0 bridgehead atoms. The molecule has 1 rings (SSSR count). The van der Waals surface area contributed by atoms with Crippen LogP contribution in [0.5, 0.6) is 0 Å². The van der Waals surface area contributed by atoms with E-state index in [0.717, 1.165) is 51.4 Å². The minimum Gasteiger partial charge on any atom is -0.463 e. The van der Waals surface area contributed by atoms with Gasteiger partial charge in [-0.3, -0.25) is 9.59 Å². The van der Waals surface area contributed by atoms with Crippen LogP contribution < -0.4 is 5.32 Å². The number of hydrogen-bond donors (Lipinski definition) is 3. The van der Waals surface area contributed by atoms with Gasteiger partial charge in [0.2, 0.25) is 5.91 Å². The van der Waals surface area contributed by atoms with E-state index in [9.17, 15) is 19.8 Å². The molecule has 1 fully saturated rings. The predicted octanol–water partition coefficient (Wildman–Crippen LogP) is 3.22. The monoisotopic (exact) mass is 459 g/mol. The lowest BCUT2D eigenvalue weighted by Gasteiger charge is -2.42. The van der Waals surface area contributed by atoms with Gasteiger partial charge in [0, 0.05) is 20.0 Å². The smallest absolute Gasteiger partial charge is 0.305 e. The van der Waals surface area contributed by atoms with E-state index >= 15 is 0 Å². The van der Waals surface area contributed by atoms with Crippen LogP contribution in [0.4, 0.5) is 0 Å². The second-order valence-corrected chi connectivity index (χ2v) is 8.74. The Morgan fingerprint density at radius 1 is 0.875 bits per heavy atom. The summed E-state index contributed by atoms with van der Waals surface area (Å²) in [6.45, 7) is 5.89. The van der Waals surface area contributed by atoms with Gasteiger partial charge >= 0.3 is 5.97 Å². The van der Waals surface area contributed by atoms with Crippen molar-refractivity contribution < 1.29 is 34.0 Å². The van der Waals surface area contributed by atoms with Crippen molar-refractivity contribution in [2.45, 2.75) is 128 Å². The summed E-state index contributed by atoms with van der Waals surface area (Å²) in [4.78, 5) is 23.6. The fourth-order valence-electron chi connectivity index (χ4n) is 3.80. The van der Waals surface area contributed by atoms with Crippen molar-refractivity contribution in [1.29, 1.82) is 0 Å². The Labute approximate surface area is 193 Å². The summed E-state index contributed by atoms with van der Waals surface area (Å²) in [6, 6.07) is -0.895. The van der Waals surface area contributed by atoms with Crippen LogP contribution in [-0.2, 0) is 23.8 Å². The van der Waals surface area contributed by atoms with E-state index in [0.29, 0.717) is 13.0 Å². The van der Waals surface area contributed by atoms with Gasteiger partial charge in [0.05, 0.1) is 0 Å². The van der Waals surface area contributed by atoms with Crippen molar-refractivity contribution in [2.24, 2.45) is 0 Å². The maximum Gasteiger partial charge on any atom is 0.305 e. The van der Waals surface area contributed by atoms with Gasteiger partial charge in [-0.1, -0.05) is 71.6 Å². The molecule has 1 aliphatic rings. The highest BCUT2D eigenvalue weighted by molar-refractivity contribution is 5.73. The number of rotatable bonds is 17. The van der Waals surface area contributed by atoms with Gasteiger partial charge < -0.3 is 29.7 Å². The number of aliphatic hydroxyl groups is 2. The quantitative estimate of drug-likeness (QED) is 0.226. The fraction of sp³-hybridized carbons (Fsp3) is 0.917. The van der Waals surface area contributed by atoms with E-state index in [4.69, 9.17) is 14.2 Å². The average Bonchev–Trinajstić information content (AvgIpc) is 2.76. The number of unbranched alkanes of at least 4 members (excludes halogenated alkanes) is 9. The molecule has 188 valence electrons. The lowest BCUT2D eigenvalue weighted by atomic mass is 9.97. The van der Waals surface area contributed by atoms with Crippen LogP contribution in [-0.4, -0.2) is 65.9 Å². The summed E-state index contributed by atoms with van der Waals surface area (Å²) in [5, 5.41) is 23.6. The van der Waals surface area contributed by atoms with Crippen molar-refractivity contribution in [3.63, 3.8) is 0 Å². The van der Waals surface area contributed by atoms with Crippen LogP contribution in [0, 0.1) is 0 Å². The van der Waals surface area contributed by atoms with Crippen molar-refractivity contribution >= 4 is 11.9 Å². The molecule has 0 saturated carbocycles. The third-order valence-corrected chi connectivity index (χ3v) is 5.74. The lowest BCUT2D eigenvalue weighted by Crippen LogP contribution is -2.64. The fourth-order valence-corrected chi connectivity index (χ4v) is 3.80. The first-order valence-corrected chi connectivity index (χ1v) is 12.5. The van der Waals surface area contributed by atoms with Gasteiger partial charge in [0.15, 0.2) is 6.29 Å². The SMILES string of the molecule is CCCCCCCCO[C@@H]1O[C@H](COC(=O)CCCCCCC)[C@@H](O)[C@H](O)[C@H]1NC(C)=O. The highest BCUT2D eigenvalue weighted by atomic mass is 16.7. The van der Waals surface area contributed by atoms with Crippen LogP contribution in [0.25, 0.3) is 0 Å². The number of amides is 1. The molecule has 1 aliphatic heterocycles. The number of nitrogens with one attached hydrogen (secondary N) is 1. The van der Waals surface area contributed by atoms with Crippen molar-refractivity contribution in [3.8, 4) is 0 Å². The molecular formula is C24H45NO7. The van der Waals surface area contributed by atoms with E-state index < -0.39 is 30.6 Å². The third-order valence-electron chi connectivity index (χ3n) is 5.74. The largest absolute Gasteiger partial charge is 0.463 e. The number of esters is 1. The first-order valence-electron chi connectivity index (χ1n) is 12.5. The molecule has 0 unspecified atom stereocenters. The Kier molecular flexibility index (Phi) is 15.6. The Bertz CT molecular complexity index is 517. The maximum absolute atomic E-state index is 12.0. The molecule has 3 N–H and O–H groups in total. The summed E-state index contributed by atoms with van der Waals surface area (Å²) in [6.07, 6.45) is 7.64. The van der Waals surface area contributed by atoms with Crippen molar-refractivity contribution in [3.05, 3.63) is 0 Å². The Balaban J connectivity index is 2.50. The number of aliphatic hydroxyl groups excluding tert-OH is 2. The van der Waals surface area contributed by atoms with Gasteiger partial charge in [0.25, 0.3) is 0 Å². The summed E-state index contributed by atoms with van der Waals surface area (Å²) >= 11 is 0. The van der Waals surface area contributed by atoms with Crippen molar-refractivity contribution in [1.82, 2.24) is 5.32 Å². The number of hydrogen-bond acceptors (Lipinski definition) is 7. The van der Waals surface area contributed by atoms with Gasteiger partial charge in [-0.05, 0) is 12.8 Å². The molecule has 5 atom stereocenters. The van der Waals surface area contributed by atoms with Gasteiger partial charge in [-0.15, -0.1) is 0 Å². The minimum absolute atomic E-state index is 0.171. The van der Waals surface area contributed by atoms with Crippen LogP contribution in [0.3, 0.4) is 0 Å². The molecule has 0 aromatic rings. The zero-order valence-corrected chi connectivity index (χ0v) is 20.2. The van der Waals surface area contributed by atoms with Crippen LogP contribution >= 0.6 is 0 Å². The van der Waals surface area contributed by atoms with E-state index in [2.05, 4.69) is 19.2 Å². The molecule has 8 heteroatoms. The maximum atomic E-state index is 12.0. The van der Waals surface area contributed by atoms with Gasteiger partial charge in [0.1, 0.15) is 31.0 Å². The van der Waals surface area contributed by atoms with E-state index in [-0.39, 0.29) is 18.5 Å². The second kappa shape index (κ2) is 17.3. The summed E-state index contributed by atoms with van der Waals surface area (Å²) < 4.78 is 16.9. The average molecular weight is 460 g/mol. The van der Waals surface area contributed by atoms with Gasteiger partial charge in [-0.2, -0.15) is 0 Å². The van der Waals surface area contributed by atoms with Crippen molar-refractivity contribution in [2.75, 3.05) is 13.2 Å². The lowest BCUT2D eigenvalue weighted by molar-refractivity contribution is -0.271. The number of carbonyl (C=O) groups is 2. The summed E-state index contributed by atoms with van der Waals surface area (Å²) in [5.41, 5.74) is 0. The summed E-state index contributed by atoms with van der Waals surface area (Å²) in [5.74, 6) is -0.703. The zero-order chi connectivity index (χ0) is 23.8. The zero-order valence-electron chi connectivity index (χ0n) is 20.2. The Hall–Kier alpha value is -1.22. The van der Waals surface area contributed by atoms with E-state index in [1.54, 1.807) is 0 Å². The second-order valence-electron chi connectivity index (χ2n) is 8.74. The number of ether oxygens (including phenoxy) is 3.